The molecule has 2 saturated heterocycles. The van der Waals surface area contributed by atoms with Crippen molar-refractivity contribution in [3.05, 3.63) is 18.0 Å². The van der Waals surface area contributed by atoms with Crippen LogP contribution in [0.2, 0.25) is 0 Å². The summed E-state index contributed by atoms with van der Waals surface area (Å²) in [6.07, 6.45) is 4.68. The molecule has 3 rings (SSSR count). The fraction of sp³-hybridized carbons (Fsp3) is 0.750. The number of aryl methyl sites for hydroxylation is 1. The van der Waals surface area contributed by atoms with E-state index in [1.54, 1.807) is 16.4 Å². The van der Waals surface area contributed by atoms with E-state index in [1.807, 2.05) is 19.4 Å². The first kappa shape index (κ1) is 17.6. The molecule has 0 aromatic carbocycles. The Balaban J connectivity index is 1.68. The van der Waals surface area contributed by atoms with Gasteiger partial charge in [0.05, 0.1) is 31.5 Å². The molecule has 2 N–H and O–H groups in total. The highest BCUT2D eigenvalue weighted by atomic mass is 32.2. The van der Waals surface area contributed by atoms with Crippen LogP contribution in [0.15, 0.2) is 17.4 Å². The Kier molecular flexibility index (Phi) is 5.68. The fourth-order valence-electron chi connectivity index (χ4n) is 3.02. The number of hydrogen-bond donors (Lipinski definition) is 2. The second-order valence-corrected chi connectivity index (χ2v) is 7.56. The molecule has 2 fully saturated rings. The van der Waals surface area contributed by atoms with Crippen LogP contribution in [0.1, 0.15) is 25.0 Å². The van der Waals surface area contributed by atoms with Gasteiger partial charge in [0.15, 0.2) is 5.96 Å². The van der Waals surface area contributed by atoms with Gasteiger partial charge in [0.1, 0.15) is 6.10 Å². The molecule has 0 aliphatic carbocycles. The summed E-state index contributed by atoms with van der Waals surface area (Å²) < 4.78 is 7.70. The molecule has 24 heavy (non-hydrogen) atoms. The summed E-state index contributed by atoms with van der Waals surface area (Å²) in [5.41, 5.74) is 0.435. The lowest BCUT2D eigenvalue weighted by Gasteiger charge is -2.35. The molecular formula is C16H27N5O2S. The van der Waals surface area contributed by atoms with Crippen molar-refractivity contribution in [3.8, 4) is 0 Å². The molecule has 1 aromatic heterocycles. The quantitative estimate of drug-likeness (QED) is 0.611. The highest BCUT2D eigenvalue weighted by molar-refractivity contribution is 7.99. The van der Waals surface area contributed by atoms with E-state index in [0.717, 1.165) is 49.1 Å². The molecule has 8 heteroatoms. The minimum Gasteiger partial charge on any atom is -0.387 e. The molecule has 134 valence electrons. The number of nitrogens with zero attached hydrogens (tertiary/aromatic N) is 4. The molecule has 7 nitrogen and oxygen atoms in total. The number of morpholine rings is 1. The molecule has 2 unspecified atom stereocenters. The van der Waals surface area contributed by atoms with Crippen molar-refractivity contribution in [2.75, 3.05) is 44.3 Å². The first-order valence-electron chi connectivity index (χ1n) is 8.53. The molecule has 0 radical (unpaired) electrons. The summed E-state index contributed by atoms with van der Waals surface area (Å²) in [4.78, 5) is 6.93. The normalized spacial score (nSPS) is 28.4. The highest BCUT2D eigenvalue weighted by Gasteiger charge is 2.32. The Morgan fingerprint density at radius 3 is 3.17 bits per heavy atom. The fourth-order valence-corrected chi connectivity index (χ4v) is 4.30. The minimum atomic E-state index is -0.652. The largest absolute Gasteiger partial charge is 0.387 e. The predicted molar refractivity (Wildman–Crippen MR) is 96.3 cm³/mol. The monoisotopic (exact) mass is 353 g/mol. The number of nitrogens with one attached hydrogen (secondary N) is 1. The summed E-state index contributed by atoms with van der Waals surface area (Å²) >= 11 is 1.80. The van der Waals surface area contributed by atoms with Gasteiger partial charge in [-0.25, -0.2) is 0 Å². The lowest BCUT2D eigenvalue weighted by molar-refractivity contribution is -0.00826. The third-order valence-corrected chi connectivity index (χ3v) is 5.64. The molecule has 2 atom stereocenters. The zero-order valence-electron chi connectivity index (χ0n) is 14.4. The zero-order chi connectivity index (χ0) is 17.0. The van der Waals surface area contributed by atoms with Crippen LogP contribution in [0.25, 0.3) is 0 Å². The number of aliphatic imine (C=N–C) groups is 1. The molecular weight excluding hydrogens is 326 g/mol. The van der Waals surface area contributed by atoms with Crippen LogP contribution in [0.4, 0.5) is 0 Å². The highest BCUT2D eigenvalue weighted by Crippen LogP contribution is 2.28. The second-order valence-electron chi connectivity index (χ2n) is 6.45. The summed E-state index contributed by atoms with van der Waals surface area (Å²) in [6, 6.07) is 0. The van der Waals surface area contributed by atoms with E-state index in [4.69, 9.17) is 9.73 Å². The number of guanidine groups is 1. The first-order valence-corrected chi connectivity index (χ1v) is 9.69. The number of thioether (sulfide) groups is 1. The Labute approximate surface area is 147 Å². The third-order valence-electron chi connectivity index (χ3n) is 4.40. The van der Waals surface area contributed by atoms with E-state index in [1.165, 1.54) is 0 Å². The van der Waals surface area contributed by atoms with E-state index >= 15 is 0 Å². The average Bonchev–Trinajstić information content (AvgIpc) is 3.21. The summed E-state index contributed by atoms with van der Waals surface area (Å²) in [5.74, 6) is 2.65. The Hall–Kier alpha value is -1.25. The first-order chi connectivity index (χ1) is 11.6. The number of aliphatic hydroxyl groups is 1. The van der Waals surface area contributed by atoms with Crippen LogP contribution in [0.5, 0.6) is 0 Å². The molecule has 0 spiro atoms. The second kappa shape index (κ2) is 7.76. The number of hydrogen-bond acceptors (Lipinski definition) is 5. The van der Waals surface area contributed by atoms with E-state index < -0.39 is 5.60 Å². The Bertz CT molecular complexity index is 571. The van der Waals surface area contributed by atoms with Gasteiger partial charge in [-0.2, -0.15) is 16.9 Å². The van der Waals surface area contributed by atoms with Gasteiger partial charge in [-0.05, 0) is 19.1 Å². The topological polar surface area (TPSA) is 74.9 Å². The van der Waals surface area contributed by atoms with Crippen molar-refractivity contribution in [2.45, 2.75) is 25.0 Å². The van der Waals surface area contributed by atoms with Crippen molar-refractivity contribution < 1.29 is 9.84 Å². The van der Waals surface area contributed by atoms with Crippen LogP contribution in [-0.4, -0.2) is 75.6 Å². The van der Waals surface area contributed by atoms with Crippen molar-refractivity contribution in [2.24, 2.45) is 12.0 Å². The van der Waals surface area contributed by atoms with Crippen molar-refractivity contribution in [1.82, 2.24) is 20.0 Å². The lowest BCUT2D eigenvalue weighted by Crippen LogP contribution is -2.49. The van der Waals surface area contributed by atoms with Gasteiger partial charge < -0.3 is 20.1 Å². The zero-order valence-corrected chi connectivity index (χ0v) is 15.3. The maximum atomic E-state index is 10.5. The standard InChI is InChI=1S/C16H27N5O2S/c1-3-17-15(18-11-16(22)4-7-24-12-16)21-5-6-23-14(10-21)13-8-19-20(2)9-13/h8-9,14,22H,3-7,10-12H2,1-2H3,(H,17,18). The number of aromatic nitrogens is 2. The van der Waals surface area contributed by atoms with Gasteiger partial charge in [-0.3, -0.25) is 9.67 Å². The van der Waals surface area contributed by atoms with Gasteiger partial charge in [-0.1, -0.05) is 0 Å². The predicted octanol–water partition coefficient (Wildman–Crippen LogP) is 0.627. The molecule has 0 bridgehead atoms. The van der Waals surface area contributed by atoms with Crippen LogP contribution in [-0.2, 0) is 11.8 Å². The van der Waals surface area contributed by atoms with Gasteiger partial charge in [-0.15, -0.1) is 0 Å². The van der Waals surface area contributed by atoms with Crippen molar-refractivity contribution >= 4 is 17.7 Å². The van der Waals surface area contributed by atoms with E-state index in [2.05, 4.69) is 22.2 Å². The van der Waals surface area contributed by atoms with Crippen molar-refractivity contribution in [3.63, 3.8) is 0 Å². The van der Waals surface area contributed by atoms with Crippen molar-refractivity contribution in [1.29, 1.82) is 0 Å². The lowest BCUT2D eigenvalue weighted by atomic mass is 10.0. The molecule has 2 aliphatic rings. The summed E-state index contributed by atoms with van der Waals surface area (Å²) in [6.45, 7) is 5.53. The number of ether oxygens (including phenoxy) is 1. The van der Waals surface area contributed by atoms with Gasteiger partial charge in [0.25, 0.3) is 0 Å². The van der Waals surface area contributed by atoms with E-state index in [9.17, 15) is 5.11 Å². The maximum absolute atomic E-state index is 10.5. The van der Waals surface area contributed by atoms with Crippen LogP contribution >= 0.6 is 11.8 Å². The molecule has 2 aliphatic heterocycles. The maximum Gasteiger partial charge on any atom is 0.194 e. The molecule has 0 amide bonds. The smallest absolute Gasteiger partial charge is 0.194 e. The van der Waals surface area contributed by atoms with Gasteiger partial charge in [0.2, 0.25) is 0 Å². The van der Waals surface area contributed by atoms with Gasteiger partial charge >= 0.3 is 0 Å². The summed E-state index contributed by atoms with van der Waals surface area (Å²) in [7, 11) is 1.91. The SMILES string of the molecule is CCNC(=NCC1(O)CCSC1)N1CCOC(c2cnn(C)c2)C1. The summed E-state index contributed by atoms with van der Waals surface area (Å²) in [5, 5.41) is 18.1. The molecule has 1 aromatic rings. The van der Waals surface area contributed by atoms with E-state index in [0.29, 0.717) is 13.2 Å². The minimum absolute atomic E-state index is 0.00132. The van der Waals surface area contributed by atoms with Crippen LogP contribution in [0, 0.1) is 0 Å². The third kappa shape index (κ3) is 4.23. The van der Waals surface area contributed by atoms with Crippen LogP contribution in [0.3, 0.4) is 0 Å². The van der Waals surface area contributed by atoms with E-state index in [-0.39, 0.29) is 6.10 Å². The molecule has 0 saturated carbocycles. The Morgan fingerprint density at radius 2 is 2.50 bits per heavy atom. The van der Waals surface area contributed by atoms with Gasteiger partial charge in [0, 0.05) is 37.7 Å². The number of rotatable bonds is 4. The van der Waals surface area contributed by atoms with Crippen LogP contribution < -0.4 is 5.32 Å². The Morgan fingerprint density at radius 1 is 1.62 bits per heavy atom. The average molecular weight is 353 g/mol. The molecule has 3 heterocycles.